The van der Waals surface area contributed by atoms with E-state index < -0.39 is 0 Å². The standard InChI is InChI=1S/C25H28N2O3/c1-19-8-9-24(20(2)15-19)30-18-21-5-3-6-22(16-21)25(28)27-12-10-26(11-13-27)17-23-7-4-14-29-23/h3-9,14-16H,10-13,17-18H2,1-2H3. The monoisotopic (exact) mass is 404 g/mol. The van der Waals surface area contributed by atoms with E-state index in [0.717, 1.165) is 60.9 Å². The highest BCUT2D eigenvalue weighted by Crippen LogP contribution is 2.20. The Labute approximate surface area is 177 Å². The van der Waals surface area contributed by atoms with E-state index in [2.05, 4.69) is 17.9 Å². The van der Waals surface area contributed by atoms with Gasteiger partial charge >= 0.3 is 0 Å². The van der Waals surface area contributed by atoms with Crippen LogP contribution in [0, 0.1) is 13.8 Å². The van der Waals surface area contributed by atoms with Gasteiger partial charge in [-0.05, 0) is 55.3 Å². The fraction of sp³-hybridized carbons (Fsp3) is 0.320. The Morgan fingerprint density at radius 3 is 2.57 bits per heavy atom. The molecule has 2 aromatic carbocycles. The fourth-order valence-corrected chi connectivity index (χ4v) is 3.83. The lowest BCUT2D eigenvalue weighted by Crippen LogP contribution is -2.48. The Bertz CT molecular complexity index is 989. The first kappa shape index (κ1) is 20.2. The number of amides is 1. The van der Waals surface area contributed by atoms with Crippen molar-refractivity contribution in [3.05, 3.63) is 88.9 Å². The zero-order valence-corrected chi connectivity index (χ0v) is 17.6. The third-order valence-corrected chi connectivity index (χ3v) is 5.52. The number of ether oxygens (including phenoxy) is 1. The average Bonchev–Trinajstić information content (AvgIpc) is 3.26. The van der Waals surface area contributed by atoms with E-state index >= 15 is 0 Å². The quantitative estimate of drug-likeness (QED) is 0.610. The number of benzene rings is 2. The summed E-state index contributed by atoms with van der Waals surface area (Å²) in [7, 11) is 0. The van der Waals surface area contributed by atoms with Gasteiger partial charge in [0.15, 0.2) is 0 Å². The number of furan rings is 1. The van der Waals surface area contributed by atoms with E-state index in [9.17, 15) is 4.79 Å². The van der Waals surface area contributed by atoms with Crippen LogP contribution in [0.1, 0.15) is 32.8 Å². The highest BCUT2D eigenvalue weighted by Gasteiger charge is 2.22. The first-order valence-corrected chi connectivity index (χ1v) is 10.4. The highest BCUT2D eigenvalue weighted by molar-refractivity contribution is 5.94. The Hall–Kier alpha value is -3.05. The molecule has 1 amide bonds. The second kappa shape index (κ2) is 9.18. The second-order valence-corrected chi connectivity index (χ2v) is 7.91. The van der Waals surface area contributed by atoms with E-state index in [1.165, 1.54) is 5.56 Å². The summed E-state index contributed by atoms with van der Waals surface area (Å²) in [6.45, 7) is 8.51. The van der Waals surface area contributed by atoms with Gasteiger partial charge in [0.2, 0.25) is 0 Å². The molecule has 156 valence electrons. The van der Waals surface area contributed by atoms with Crippen molar-refractivity contribution in [3.63, 3.8) is 0 Å². The van der Waals surface area contributed by atoms with Gasteiger partial charge in [-0.15, -0.1) is 0 Å². The van der Waals surface area contributed by atoms with Gasteiger partial charge in [-0.1, -0.05) is 29.8 Å². The molecule has 0 radical (unpaired) electrons. The van der Waals surface area contributed by atoms with Crippen LogP contribution < -0.4 is 4.74 Å². The molecule has 0 aliphatic carbocycles. The highest BCUT2D eigenvalue weighted by atomic mass is 16.5. The zero-order valence-electron chi connectivity index (χ0n) is 17.6. The molecule has 3 aromatic rings. The summed E-state index contributed by atoms with van der Waals surface area (Å²) in [4.78, 5) is 17.2. The smallest absolute Gasteiger partial charge is 0.253 e. The number of hydrogen-bond donors (Lipinski definition) is 0. The lowest BCUT2D eigenvalue weighted by atomic mass is 10.1. The largest absolute Gasteiger partial charge is 0.489 e. The minimum absolute atomic E-state index is 0.0843. The number of hydrogen-bond acceptors (Lipinski definition) is 4. The SMILES string of the molecule is Cc1ccc(OCc2cccc(C(=O)N3CCN(Cc4ccco4)CC3)c2)c(C)c1. The summed E-state index contributed by atoms with van der Waals surface area (Å²) in [5.41, 5.74) is 4.06. The third kappa shape index (κ3) is 4.92. The molecule has 1 aliphatic heterocycles. The van der Waals surface area contributed by atoms with Gasteiger partial charge in [0.25, 0.3) is 5.91 Å². The van der Waals surface area contributed by atoms with Crippen LogP contribution in [0.3, 0.4) is 0 Å². The molecule has 1 fully saturated rings. The van der Waals surface area contributed by atoms with Crippen LogP contribution in [0.25, 0.3) is 0 Å². The van der Waals surface area contributed by atoms with Crippen LogP contribution in [0.2, 0.25) is 0 Å². The second-order valence-electron chi connectivity index (χ2n) is 7.91. The summed E-state index contributed by atoms with van der Waals surface area (Å²) in [5.74, 6) is 1.93. The molecule has 5 heteroatoms. The molecular formula is C25H28N2O3. The molecule has 0 atom stereocenters. The maximum atomic E-state index is 13.0. The summed E-state index contributed by atoms with van der Waals surface area (Å²) in [6, 6.07) is 17.8. The van der Waals surface area contributed by atoms with Gasteiger partial charge < -0.3 is 14.1 Å². The molecule has 1 aliphatic rings. The maximum Gasteiger partial charge on any atom is 0.253 e. The Morgan fingerprint density at radius 2 is 1.83 bits per heavy atom. The van der Waals surface area contributed by atoms with E-state index in [0.29, 0.717) is 6.61 Å². The van der Waals surface area contributed by atoms with Crippen molar-refractivity contribution < 1.29 is 13.9 Å². The number of aryl methyl sites for hydroxylation is 2. The third-order valence-electron chi connectivity index (χ3n) is 5.52. The molecule has 0 saturated carbocycles. The van der Waals surface area contributed by atoms with E-state index in [-0.39, 0.29) is 5.91 Å². The van der Waals surface area contributed by atoms with Crippen molar-refractivity contribution in [3.8, 4) is 5.75 Å². The summed E-state index contributed by atoms with van der Waals surface area (Å²) < 4.78 is 11.4. The van der Waals surface area contributed by atoms with Crippen molar-refractivity contribution in [1.82, 2.24) is 9.80 Å². The maximum absolute atomic E-state index is 13.0. The van der Waals surface area contributed by atoms with Gasteiger partial charge in [-0.2, -0.15) is 0 Å². The Morgan fingerprint density at radius 1 is 1.00 bits per heavy atom. The topological polar surface area (TPSA) is 45.9 Å². The van der Waals surface area contributed by atoms with Crippen molar-refractivity contribution in [2.45, 2.75) is 27.0 Å². The molecule has 0 spiro atoms. The number of rotatable bonds is 6. The van der Waals surface area contributed by atoms with Gasteiger partial charge in [-0.3, -0.25) is 9.69 Å². The molecule has 0 unspecified atom stereocenters. The van der Waals surface area contributed by atoms with Crippen molar-refractivity contribution >= 4 is 5.91 Å². The number of carbonyl (C=O) groups excluding carboxylic acids is 1. The number of carbonyl (C=O) groups is 1. The molecule has 5 nitrogen and oxygen atoms in total. The van der Waals surface area contributed by atoms with Crippen molar-refractivity contribution in [1.29, 1.82) is 0 Å². The predicted octanol–water partition coefficient (Wildman–Crippen LogP) is 4.43. The minimum Gasteiger partial charge on any atom is -0.489 e. The molecule has 1 aromatic heterocycles. The summed E-state index contributed by atoms with van der Waals surface area (Å²) >= 11 is 0. The van der Waals surface area contributed by atoms with Crippen LogP contribution in [0.15, 0.2) is 65.3 Å². The van der Waals surface area contributed by atoms with Gasteiger partial charge in [0, 0.05) is 31.7 Å². The normalized spacial score (nSPS) is 14.7. The number of piperazine rings is 1. The lowest BCUT2D eigenvalue weighted by molar-refractivity contribution is 0.0620. The van der Waals surface area contributed by atoms with Gasteiger partial charge in [-0.25, -0.2) is 0 Å². The predicted molar refractivity (Wildman–Crippen MR) is 117 cm³/mol. The Kier molecular flexibility index (Phi) is 6.19. The van der Waals surface area contributed by atoms with Crippen LogP contribution in [0.4, 0.5) is 0 Å². The molecule has 2 heterocycles. The van der Waals surface area contributed by atoms with Crippen molar-refractivity contribution in [2.24, 2.45) is 0 Å². The number of nitrogens with zero attached hydrogens (tertiary/aromatic N) is 2. The minimum atomic E-state index is 0.0843. The molecule has 4 rings (SSSR count). The lowest BCUT2D eigenvalue weighted by Gasteiger charge is -2.34. The summed E-state index contributed by atoms with van der Waals surface area (Å²) in [5, 5.41) is 0. The van der Waals surface area contributed by atoms with Crippen molar-refractivity contribution in [2.75, 3.05) is 26.2 Å². The molecule has 1 saturated heterocycles. The van der Waals surface area contributed by atoms with Crippen LogP contribution >= 0.6 is 0 Å². The first-order chi connectivity index (χ1) is 14.6. The van der Waals surface area contributed by atoms with E-state index in [1.54, 1.807) is 6.26 Å². The molecule has 0 N–H and O–H groups in total. The van der Waals surface area contributed by atoms with Crippen LogP contribution in [-0.2, 0) is 13.2 Å². The zero-order chi connectivity index (χ0) is 20.9. The van der Waals surface area contributed by atoms with Gasteiger partial charge in [0.1, 0.15) is 18.1 Å². The average molecular weight is 405 g/mol. The molecular weight excluding hydrogens is 376 g/mol. The first-order valence-electron chi connectivity index (χ1n) is 10.4. The summed E-state index contributed by atoms with van der Waals surface area (Å²) in [6.07, 6.45) is 1.70. The van der Waals surface area contributed by atoms with Crippen LogP contribution in [0.5, 0.6) is 5.75 Å². The molecule has 30 heavy (non-hydrogen) atoms. The van der Waals surface area contributed by atoms with Crippen LogP contribution in [-0.4, -0.2) is 41.9 Å². The molecule has 0 bridgehead atoms. The van der Waals surface area contributed by atoms with Gasteiger partial charge in [0.05, 0.1) is 12.8 Å². The van der Waals surface area contributed by atoms with E-state index in [4.69, 9.17) is 9.15 Å². The Balaban J connectivity index is 1.33. The van der Waals surface area contributed by atoms with E-state index in [1.807, 2.05) is 60.4 Å². The fourth-order valence-electron chi connectivity index (χ4n) is 3.83.